The Labute approximate surface area is 105 Å². The lowest BCUT2D eigenvalue weighted by molar-refractivity contribution is 0.0304. The summed E-state index contributed by atoms with van der Waals surface area (Å²) in [6.45, 7) is 7.93. The van der Waals surface area contributed by atoms with Crippen LogP contribution in [-0.4, -0.2) is 28.5 Å². The summed E-state index contributed by atoms with van der Waals surface area (Å²) in [5, 5.41) is 19.9. The molecule has 17 heavy (non-hydrogen) atoms. The Hall–Kier alpha value is -0.640. The summed E-state index contributed by atoms with van der Waals surface area (Å²) >= 11 is 0. The first kappa shape index (κ1) is 16.4. The maximum atomic E-state index is 10.3. The van der Waals surface area contributed by atoms with Crippen LogP contribution in [0.3, 0.4) is 0 Å². The molecule has 0 saturated heterocycles. The average molecular weight is 241 g/mol. The third-order valence-corrected chi connectivity index (χ3v) is 2.97. The molecular weight excluding hydrogens is 214 g/mol. The van der Waals surface area contributed by atoms with Gasteiger partial charge in [-0.2, -0.15) is 0 Å². The van der Waals surface area contributed by atoms with Crippen LogP contribution in [0.15, 0.2) is 25.3 Å². The van der Waals surface area contributed by atoms with Crippen molar-refractivity contribution in [2.24, 2.45) is 5.73 Å². The van der Waals surface area contributed by atoms with E-state index in [2.05, 4.69) is 13.2 Å². The Morgan fingerprint density at radius 1 is 1.12 bits per heavy atom. The molecule has 0 saturated carbocycles. The van der Waals surface area contributed by atoms with E-state index in [-0.39, 0.29) is 6.10 Å². The minimum atomic E-state index is -0.739. The van der Waals surface area contributed by atoms with Crippen LogP contribution in [0, 0.1) is 0 Å². The van der Waals surface area contributed by atoms with Gasteiger partial charge < -0.3 is 15.9 Å². The van der Waals surface area contributed by atoms with E-state index in [1.54, 1.807) is 12.2 Å². The summed E-state index contributed by atoms with van der Waals surface area (Å²) in [4.78, 5) is 0. The van der Waals surface area contributed by atoms with Gasteiger partial charge in [0, 0.05) is 0 Å². The molecule has 1 unspecified atom stereocenters. The Morgan fingerprint density at radius 2 is 1.65 bits per heavy atom. The molecule has 0 aromatic heterocycles. The highest BCUT2D eigenvalue weighted by atomic mass is 16.3. The maximum absolute atomic E-state index is 10.3. The van der Waals surface area contributed by atoms with Crippen LogP contribution in [0.1, 0.15) is 44.9 Å². The third kappa shape index (κ3) is 8.13. The van der Waals surface area contributed by atoms with Gasteiger partial charge in [-0.15, -0.1) is 13.2 Å². The molecule has 3 heteroatoms. The molecule has 1 atom stereocenters. The SMILES string of the molecule is C=CCC(O)(CC=C)CCCC(O)CCCN. The van der Waals surface area contributed by atoms with Crippen molar-refractivity contribution in [3.8, 4) is 0 Å². The van der Waals surface area contributed by atoms with Crippen molar-refractivity contribution in [1.82, 2.24) is 0 Å². The van der Waals surface area contributed by atoms with Gasteiger partial charge in [0.15, 0.2) is 0 Å². The van der Waals surface area contributed by atoms with Crippen LogP contribution >= 0.6 is 0 Å². The molecule has 3 nitrogen and oxygen atoms in total. The predicted molar refractivity (Wildman–Crippen MR) is 72.7 cm³/mol. The fourth-order valence-electron chi connectivity index (χ4n) is 1.99. The van der Waals surface area contributed by atoms with Crippen molar-refractivity contribution in [3.63, 3.8) is 0 Å². The van der Waals surface area contributed by atoms with E-state index >= 15 is 0 Å². The lowest BCUT2D eigenvalue weighted by Crippen LogP contribution is -2.27. The average Bonchev–Trinajstić information content (AvgIpc) is 2.27. The van der Waals surface area contributed by atoms with E-state index < -0.39 is 5.60 Å². The molecule has 100 valence electrons. The summed E-state index contributed by atoms with van der Waals surface area (Å²) < 4.78 is 0. The summed E-state index contributed by atoms with van der Waals surface area (Å²) in [5.74, 6) is 0. The molecule has 4 N–H and O–H groups in total. The summed E-state index contributed by atoms with van der Waals surface area (Å²) in [6.07, 6.45) is 8.10. The molecule has 0 fully saturated rings. The number of nitrogens with two attached hydrogens (primary N) is 1. The first-order valence-corrected chi connectivity index (χ1v) is 6.40. The molecule has 0 spiro atoms. The normalized spacial score (nSPS) is 13.4. The molecule has 0 heterocycles. The first-order valence-electron chi connectivity index (χ1n) is 6.40. The number of rotatable bonds is 11. The second-order valence-corrected chi connectivity index (χ2v) is 4.69. The number of hydrogen-bond acceptors (Lipinski definition) is 3. The lowest BCUT2D eigenvalue weighted by Gasteiger charge is -2.26. The molecule has 0 aliphatic carbocycles. The van der Waals surface area contributed by atoms with Crippen LogP contribution in [0.2, 0.25) is 0 Å². The highest BCUT2D eigenvalue weighted by Gasteiger charge is 2.23. The predicted octanol–water partition coefficient (Wildman–Crippen LogP) is 2.14. The van der Waals surface area contributed by atoms with Crippen molar-refractivity contribution in [2.75, 3.05) is 6.54 Å². The standard InChI is InChI=1S/C14H27NO2/c1-3-9-14(17,10-4-2)11-5-7-13(16)8-6-12-15/h3-4,13,16-17H,1-2,5-12,15H2. The fraction of sp³-hybridized carbons (Fsp3) is 0.714. The van der Waals surface area contributed by atoms with Gasteiger partial charge in [0.2, 0.25) is 0 Å². The van der Waals surface area contributed by atoms with Crippen LogP contribution in [0.5, 0.6) is 0 Å². The maximum Gasteiger partial charge on any atom is 0.0716 e. The van der Waals surface area contributed by atoms with Gasteiger partial charge >= 0.3 is 0 Å². The van der Waals surface area contributed by atoms with Crippen molar-refractivity contribution < 1.29 is 10.2 Å². The van der Waals surface area contributed by atoms with E-state index in [9.17, 15) is 10.2 Å². The fourth-order valence-corrected chi connectivity index (χ4v) is 1.99. The van der Waals surface area contributed by atoms with Gasteiger partial charge in [-0.25, -0.2) is 0 Å². The van der Waals surface area contributed by atoms with E-state index in [4.69, 9.17) is 5.73 Å². The zero-order valence-electron chi connectivity index (χ0n) is 10.8. The van der Waals surface area contributed by atoms with Gasteiger partial charge in [0.25, 0.3) is 0 Å². The second kappa shape index (κ2) is 9.40. The Balaban J connectivity index is 3.88. The topological polar surface area (TPSA) is 66.5 Å². The zero-order valence-corrected chi connectivity index (χ0v) is 10.8. The minimum absolute atomic E-state index is 0.296. The Kier molecular flexibility index (Phi) is 9.04. The van der Waals surface area contributed by atoms with Gasteiger partial charge in [-0.1, -0.05) is 12.2 Å². The number of aliphatic hydroxyl groups excluding tert-OH is 1. The first-order chi connectivity index (χ1) is 8.08. The molecule has 0 bridgehead atoms. The Morgan fingerprint density at radius 3 is 2.12 bits per heavy atom. The molecule has 0 radical (unpaired) electrons. The summed E-state index contributed by atoms with van der Waals surface area (Å²) in [5.41, 5.74) is 4.64. The van der Waals surface area contributed by atoms with Crippen LogP contribution in [-0.2, 0) is 0 Å². The Bertz CT molecular complexity index is 206. The highest BCUT2D eigenvalue weighted by molar-refractivity contribution is 4.91. The van der Waals surface area contributed by atoms with E-state index in [1.807, 2.05) is 0 Å². The molecule has 0 amide bonds. The molecule has 0 aromatic rings. The zero-order chi connectivity index (χ0) is 13.1. The quantitative estimate of drug-likeness (QED) is 0.485. The van der Waals surface area contributed by atoms with Crippen molar-refractivity contribution in [2.45, 2.75) is 56.7 Å². The summed E-state index contributed by atoms with van der Waals surface area (Å²) in [7, 11) is 0. The van der Waals surface area contributed by atoms with Gasteiger partial charge in [-0.3, -0.25) is 0 Å². The van der Waals surface area contributed by atoms with Crippen LogP contribution < -0.4 is 5.73 Å². The largest absolute Gasteiger partial charge is 0.393 e. The van der Waals surface area contributed by atoms with Crippen LogP contribution in [0.25, 0.3) is 0 Å². The number of hydrogen-bond donors (Lipinski definition) is 3. The number of aliphatic hydroxyl groups is 2. The van der Waals surface area contributed by atoms with E-state index in [0.29, 0.717) is 25.8 Å². The van der Waals surface area contributed by atoms with Gasteiger partial charge in [0.1, 0.15) is 0 Å². The van der Waals surface area contributed by atoms with Crippen molar-refractivity contribution >= 4 is 0 Å². The smallest absolute Gasteiger partial charge is 0.0716 e. The molecule has 0 aliphatic rings. The van der Waals surface area contributed by atoms with Gasteiger partial charge in [-0.05, 0) is 51.5 Å². The molecular formula is C14H27NO2. The second-order valence-electron chi connectivity index (χ2n) is 4.69. The van der Waals surface area contributed by atoms with E-state index in [0.717, 1.165) is 25.7 Å². The van der Waals surface area contributed by atoms with Crippen molar-refractivity contribution in [3.05, 3.63) is 25.3 Å². The van der Waals surface area contributed by atoms with E-state index in [1.165, 1.54) is 0 Å². The lowest BCUT2D eigenvalue weighted by atomic mass is 9.89. The van der Waals surface area contributed by atoms with Crippen LogP contribution in [0.4, 0.5) is 0 Å². The molecule has 0 rings (SSSR count). The molecule has 0 aliphatic heterocycles. The summed E-state index contributed by atoms with van der Waals surface area (Å²) in [6, 6.07) is 0. The minimum Gasteiger partial charge on any atom is -0.393 e. The molecule has 0 aromatic carbocycles. The monoisotopic (exact) mass is 241 g/mol. The third-order valence-electron chi connectivity index (χ3n) is 2.97. The highest BCUT2D eigenvalue weighted by Crippen LogP contribution is 2.24. The van der Waals surface area contributed by atoms with Gasteiger partial charge in [0.05, 0.1) is 11.7 Å². The van der Waals surface area contributed by atoms with Crippen molar-refractivity contribution in [1.29, 1.82) is 0 Å².